The second-order valence-corrected chi connectivity index (χ2v) is 7.66. The molecule has 2 aromatic carbocycles. The third kappa shape index (κ3) is 6.19. The number of amides is 2. The standard InChI is InChI=1S/C23H23F3N6O/c24-23(25,26)18-6-8-19(9-7-18)29-22(33)30-20-14-21(28-16-27-20)32-12-10-31(11-13-32)15-17-4-2-1-3-5-17/h1-9,14,16H,10-13,15H2,(H2,27,28,29,30,33). The molecular formula is C23H23F3N6O. The minimum absolute atomic E-state index is 0.240. The topological polar surface area (TPSA) is 73.4 Å². The zero-order chi connectivity index (χ0) is 23.3. The number of rotatable bonds is 5. The zero-order valence-corrected chi connectivity index (χ0v) is 17.7. The van der Waals surface area contributed by atoms with Crippen LogP contribution in [-0.2, 0) is 12.7 Å². The van der Waals surface area contributed by atoms with Crippen molar-refractivity contribution in [3.05, 3.63) is 78.1 Å². The van der Waals surface area contributed by atoms with E-state index in [0.717, 1.165) is 44.9 Å². The Kier molecular flexibility index (Phi) is 6.74. The van der Waals surface area contributed by atoms with Crippen molar-refractivity contribution in [1.82, 2.24) is 14.9 Å². The maximum atomic E-state index is 12.7. The van der Waals surface area contributed by atoms with Gasteiger partial charge in [-0.05, 0) is 29.8 Å². The van der Waals surface area contributed by atoms with Crippen LogP contribution in [0.2, 0.25) is 0 Å². The predicted octanol–water partition coefficient (Wildman–Crippen LogP) is 4.46. The fourth-order valence-electron chi connectivity index (χ4n) is 3.59. The van der Waals surface area contributed by atoms with Crippen LogP contribution in [0, 0.1) is 0 Å². The van der Waals surface area contributed by atoms with E-state index in [1.807, 2.05) is 18.2 Å². The fraction of sp³-hybridized carbons (Fsp3) is 0.261. The molecule has 0 aliphatic carbocycles. The quantitative estimate of drug-likeness (QED) is 0.593. The summed E-state index contributed by atoms with van der Waals surface area (Å²) in [6.07, 6.45) is -3.05. The molecule has 3 aromatic rings. The largest absolute Gasteiger partial charge is 0.416 e. The number of aromatic nitrogens is 2. The van der Waals surface area contributed by atoms with E-state index in [9.17, 15) is 18.0 Å². The third-order valence-electron chi connectivity index (χ3n) is 5.31. The summed E-state index contributed by atoms with van der Waals surface area (Å²) < 4.78 is 38.0. The Labute approximate surface area is 189 Å². The highest BCUT2D eigenvalue weighted by Gasteiger charge is 2.30. The first-order chi connectivity index (χ1) is 15.9. The van der Waals surface area contributed by atoms with Gasteiger partial charge in [-0.1, -0.05) is 30.3 Å². The van der Waals surface area contributed by atoms with E-state index in [1.54, 1.807) is 6.07 Å². The van der Waals surface area contributed by atoms with Crippen LogP contribution in [0.25, 0.3) is 0 Å². The van der Waals surface area contributed by atoms with Gasteiger partial charge in [-0.3, -0.25) is 10.2 Å². The molecule has 1 aromatic heterocycles. The number of urea groups is 1. The first-order valence-electron chi connectivity index (χ1n) is 10.5. The van der Waals surface area contributed by atoms with Gasteiger partial charge in [0.2, 0.25) is 0 Å². The van der Waals surface area contributed by atoms with E-state index < -0.39 is 17.8 Å². The van der Waals surface area contributed by atoms with Crippen molar-refractivity contribution in [3.63, 3.8) is 0 Å². The smallest absolute Gasteiger partial charge is 0.354 e. The van der Waals surface area contributed by atoms with Crippen LogP contribution < -0.4 is 15.5 Å². The summed E-state index contributed by atoms with van der Waals surface area (Å²) in [5, 5.41) is 5.09. The number of carbonyl (C=O) groups excluding carboxylic acids is 1. The second-order valence-electron chi connectivity index (χ2n) is 7.66. The van der Waals surface area contributed by atoms with E-state index >= 15 is 0 Å². The molecule has 0 radical (unpaired) electrons. The van der Waals surface area contributed by atoms with Gasteiger partial charge in [0.15, 0.2) is 0 Å². The molecule has 1 saturated heterocycles. The number of hydrogen-bond acceptors (Lipinski definition) is 5. The lowest BCUT2D eigenvalue weighted by Crippen LogP contribution is -2.46. The lowest BCUT2D eigenvalue weighted by Gasteiger charge is -2.35. The number of alkyl halides is 3. The minimum atomic E-state index is -4.43. The van der Waals surface area contributed by atoms with Gasteiger partial charge in [-0.2, -0.15) is 13.2 Å². The van der Waals surface area contributed by atoms with E-state index in [2.05, 4.69) is 42.5 Å². The van der Waals surface area contributed by atoms with Crippen molar-refractivity contribution in [2.45, 2.75) is 12.7 Å². The zero-order valence-electron chi connectivity index (χ0n) is 17.7. The summed E-state index contributed by atoms with van der Waals surface area (Å²) in [4.78, 5) is 25.1. The van der Waals surface area contributed by atoms with Crippen molar-refractivity contribution in [1.29, 1.82) is 0 Å². The van der Waals surface area contributed by atoms with Gasteiger partial charge < -0.3 is 10.2 Å². The van der Waals surface area contributed by atoms with Gasteiger partial charge in [0, 0.05) is 44.5 Å². The molecule has 0 unspecified atom stereocenters. The normalized spacial score (nSPS) is 14.7. The number of piperazine rings is 1. The highest BCUT2D eigenvalue weighted by atomic mass is 19.4. The Morgan fingerprint density at radius 3 is 2.27 bits per heavy atom. The lowest BCUT2D eigenvalue weighted by atomic mass is 10.2. The molecule has 0 spiro atoms. The Morgan fingerprint density at radius 2 is 1.61 bits per heavy atom. The molecule has 33 heavy (non-hydrogen) atoms. The summed E-state index contributed by atoms with van der Waals surface area (Å²) in [7, 11) is 0. The van der Waals surface area contributed by atoms with Crippen LogP contribution in [-0.4, -0.2) is 47.1 Å². The van der Waals surface area contributed by atoms with Crippen molar-refractivity contribution in [2.75, 3.05) is 41.7 Å². The number of benzene rings is 2. The molecule has 0 atom stereocenters. The molecule has 0 saturated carbocycles. The lowest BCUT2D eigenvalue weighted by molar-refractivity contribution is -0.137. The maximum absolute atomic E-state index is 12.7. The van der Waals surface area contributed by atoms with Crippen molar-refractivity contribution >= 4 is 23.4 Å². The first kappa shape index (κ1) is 22.5. The van der Waals surface area contributed by atoms with Crippen molar-refractivity contribution < 1.29 is 18.0 Å². The van der Waals surface area contributed by atoms with Crippen LogP contribution in [0.3, 0.4) is 0 Å². The number of hydrogen-bond donors (Lipinski definition) is 2. The summed E-state index contributed by atoms with van der Waals surface area (Å²) in [5.41, 5.74) is 0.737. The molecule has 2 N–H and O–H groups in total. The van der Waals surface area contributed by atoms with E-state index in [4.69, 9.17) is 0 Å². The molecule has 7 nitrogen and oxygen atoms in total. The van der Waals surface area contributed by atoms with Crippen LogP contribution in [0.4, 0.5) is 35.3 Å². The predicted molar refractivity (Wildman–Crippen MR) is 120 cm³/mol. The average Bonchev–Trinajstić information content (AvgIpc) is 2.80. The van der Waals surface area contributed by atoms with Gasteiger partial charge in [0.25, 0.3) is 0 Å². The number of anilines is 3. The van der Waals surface area contributed by atoms with Crippen molar-refractivity contribution in [2.24, 2.45) is 0 Å². The SMILES string of the molecule is O=C(Nc1ccc(C(F)(F)F)cc1)Nc1cc(N2CCN(Cc3ccccc3)CC2)ncn1. The molecule has 2 heterocycles. The highest BCUT2D eigenvalue weighted by molar-refractivity contribution is 5.99. The van der Waals surface area contributed by atoms with Gasteiger partial charge in [0.05, 0.1) is 5.56 Å². The fourth-order valence-corrected chi connectivity index (χ4v) is 3.59. The molecule has 2 amide bonds. The van der Waals surface area contributed by atoms with Gasteiger partial charge in [0.1, 0.15) is 18.0 Å². The molecule has 1 aliphatic heterocycles. The Hall–Kier alpha value is -3.66. The molecule has 0 bridgehead atoms. The molecule has 172 valence electrons. The summed E-state index contributed by atoms with van der Waals surface area (Å²) >= 11 is 0. The number of nitrogens with zero attached hydrogens (tertiary/aromatic N) is 4. The first-order valence-corrected chi connectivity index (χ1v) is 10.5. The van der Waals surface area contributed by atoms with Gasteiger partial charge >= 0.3 is 12.2 Å². The highest BCUT2D eigenvalue weighted by Crippen LogP contribution is 2.29. The van der Waals surface area contributed by atoms with E-state index in [1.165, 1.54) is 24.0 Å². The van der Waals surface area contributed by atoms with Crippen LogP contribution >= 0.6 is 0 Å². The summed E-state index contributed by atoms with van der Waals surface area (Å²) in [6, 6.07) is 15.6. The molecule has 1 fully saturated rings. The monoisotopic (exact) mass is 456 g/mol. The molecule has 4 rings (SSSR count). The molecule has 10 heteroatoms. The van der Waals surface area contributed by atoms with Gasteiger partial charge in [-0.15, -0.1) is 0 Å². The molecular weight excluding hydrogens is 433 g/mol. The summed E-state index contributed by atoms with van der Waals surface area (Å²) in [6.45, 7) is 4.25. The van der Waals surface area contributed by atoms with Crippen LogP contribution in [0.15, 0.2) is 67.0 Å². The number of halogens is 3. The minimum Gasteiger partial charge on any atom is -0.354 e. The Morgan fingerprint density at radius 1 is 0.909 bits per heavy atom. The van der Waals surface area contributed by atoms with Crippen LogP contribution in [0.1, 0.15) is 11.1 Å². The van der Waals surface area contributed by atoms with E-state index in [0.29, 0.717) is 11.6 Å². The second kappa shape index (κ2) is 9.86. The van der Waals surface area contributed by atoms with E-state index in [-0.39, 0.29) is 5.69 Å². The Balaban J connectivity index is 1.30. The number of carbonyl (C=O) groups is 1. The van der Waals surface area contributed by atoms with Gasteiger partial charge in [-0.25, -0.2) is 14.8 Å². The maximum Gasteiger partial charge on any atom is 0.416 e. The third-order valence-corrected chi connectivity index (χ3v) is 5.31. The van der Waals surface area contributed by atoms with Crippen molar-refractivity contribution in [3.8, 4) is 0 Å². The molecule has 1 aliphatic rings. The number of nitrogens with one attached hydrogen (secondary N) is 2. The Bertz CT molecular complexity index is 1070. The average molecular weight is 456 g/mol. The summed E-state index contributed by atoms with van der Waals surface area (Å²) in [5.74, 6) is 1.00. The van der Waals surface area contributed by atoms with Crippen LogP contribution in [0.5, 0.6) is 0 Å².